The topological polar surface area (TPSA) is 12.0 Å². The van der Waals surface area contributed by atoms with Crippen molar-refractivity contribution in [2.45, 2.75) is 25.4 Å². The minimum Gasteiger partial charge on any atom is -0.316 e. The average molecular weight is 167 g/mol. The van der Waals surface area contributed by atoms with Crippen LogP contribution in [-0.2, 0) is 0 Å². The standard InChI is InChI=1S/C7H12F3N/c8-7(9,10)6-3-1-2-4-11-5-6/h6,11H,1-5H2. The molecule has 1 atom stereocenters. The van der Waals surface area contributed by atoms with Crippen molar-refractivity contribution in [3.05, 3.63) is 0 Å². The summed E-state index contributed by atoms with van der Waals surface area (Å²) < 4.78 is 36.2. The van der Waals surface area contributed by atoms with E-state index in [0.717, 1.165) is 13.0 Å². The lowest BCUT2D eigenvalue weighted by Crippen LogP contribution is -2.31. The predicted molar refractivity (Wildman–Crippen MR) is 36.3 cm³/mol. The molecule has 1 unspecified atom stereocenters. The molecule has 0 bridgehead atoms. The predicted octanol–water partition coefficient (Wildman–Crippen LogP) is 1.94. The minimum absolute atomic E-state index is 0.101. The summed E-state index contributed by atoms with van der Waals surface area (Å²) in [5.74, 6) is -1.12. The van der Waals surface area contributed by atoms with Gasteiger partial charge in [0, 0.05) is 6.54 Å². The number of rotatable bonds is 0. The van der Waals surface area contributed by atoms with E-state index in [-0.39, 0.29) is 13.0 Å². The van der Waals surface area contributed by atoms with E-state index in [1.54, 1.807) is 0 Å². The zero-order valence-corrected chi connectivity index (χ0v) is 6.25. The van der Waals surface area contributed by atoms with E-state index >= 15 is 0 Å². The molecule has 0 spiro atoms. The van der Waals surface area contributed by atoms with Gasteiger partial charge in [0.2, 0.25) is 0 Å². The van der Waals surface area contributed by atoms with Gasteiger partial charge in [-0.15, -0.1) is 0 Å². The molecule has 1 aliphatic rings. The first-order valence-electron chi connectivity index (χ1n) is 3.88. The second kappa shape index (κ2) is 3.43. The molecule has 1 saturated heterocycles. The molecule has 0 radical (unpaired) electrons. The molecule has 0 saturated carbocycles. The number of hydrogen-bond acceptors (Lipinski definition) is 1. The molecular weight excluding hydrogens is 155 g/mol. The third-order valence-corrected chi connectivity index (χ3v) is 2.01. The summed E-state index contributed by atoms with van der Waals surface area (Å²) in [5, 5.41) is 2.78. The molecule has 66 valence electrons. The van der Waals surface area contributed by atoms with Crippen molar-refractivity contribution in [3.8, 4) is 0 Å². The molecule has 11 heavy (non-hydrogen) atoms. The van der Waals surface area contributed by atoms with E-state index in [1.165, 1.54) is 0 Å². The quantitative estimate of drug-likeness (QED) is 0.581. The molecule has 0 aromatic heterocycles. The van der Waals surface area contributed by atoms with Gasteiger partial charge in [-0.3, -0.25) is 0 Å². The Bertz CT molecular complexity index is 113. The van der Waals surface area contributed by atoms with Gasteiger partial charge >= 0.3 is 6.18 Å². The first kappa shape index (κ1) is 8.84. The summed E-state index contributed by atoms with van der Waals surface area (Å²) in [6.45, 7) is 0.829. The van der Waals surface area contributed by atoms with Crippen molar-refractivity contribution in [3.63, 3.8) is 0 Å². The molecule has 1 heterocycles. The van der Waals surface area contributed by atoms with Crippen molar-refractivity contribution >= 4 is 0 Å². The normalized spacial score (nSPS) is 28.1. The monoisotopic (exact) mass is 167 g/mol. The maximum atomic E-state index is 12.1. The van der Waals surface area contributed by atoms with Crippen molar-refractivity contribution in [1.29, 1.82) is 0 Å². The zero-order chi connectivity index (χ0) is 8.32. The van der Waals surface area contributed by atoms with Crippen LogP contribution in [0.3, 0.4) is 0 Å². The number of hydrogen-bond donors (Lipinski definition) is 1. The minimum atomic E-state index is -4.00. The summed E-state index contributed by atoms with van der Waals surface area (Å²) in [5.41, 5.74) is 0. The molecule has 1 fully saturated rings. The Kier molecular flexibility index (Phi) is 2.76. The molecule has 1 nitrogen and oxygen atoms in total. The van der Waals surface area contributed by atoms with E-state index in [9.17, 15) is 13.2 Å². The molecule has 4 heteroatoms. The van der Waals surface area contributed by atoms with Gasteiger partial charge in [0.25, 0.3) is 0 Å². The molecule has 0 amide bonds. The number of alkyl halides is 3. The van der Waals surface area contributed by atoms with E-state index in [0.29, 0.717) is 6.42 Å². The zero-order valence-electron chi connectivity index (χ0n) is 6.25. The lowest BCUT2D eigenvalue weighted by atomic mass is 10.0. The van der Waals surface area contributed by atoms with Gasteiger partial charge in [0.05, 0.1) is 5.92 Å². The largest absolute Gasteiger partial charge is 0.393 e. The van der Waals surface area contributed by atoms with Gasteiger partial charge in [-0.25, -0.2) is 0 Å². The second-order valence-electron chi connectivity index (χ2n) is 2.94. The first-order chi connectivity index (χ1) is 5.11. The van der Waals surface area contributed by atoms with Gasteiger partial charge in [-0.1, -0.05) is 6.42 Å². The molecule has 1 rings (SSSR count). The van der Waals surface area contributed by atoms with Crippen LogP contribution in [0.5, 0.6) is 0 Å². The Labute approximate surface area is 64.0 Å². The summed E-state index contributed by atoms with van der Waals surface area (Å²) in [6, 6.07) is 0. The van der Waals surface area contributed by atoms with Crippen LogP contribution in [0.4, 0.5) is 13.2 Å². The summed E-state index contributed by atoms with van der Waals surface area (Å²) in [7, 11) is 0. The SMILES string of the molecule is FC(F)(F)C1CCCCNC1. The van der Waals surface area contributed by atoms with E-state index in [2.05, 4.69) is 5.32 Å². The summed E-state index contributed by atoms with van der Waals surface area (Å²) in [6.07, 6.45) is -2.16. The summed E-state index contributed by atoms with van der Waals surface area (Å²) >= 11 is 0. The van der Waals surface area contributed by atoms with Crippen LogP contribution in [-0.4, -0.2) is 19.3 Å². The highest BCUT2D eigenvalue weighted by atomic mass is 19.4. The first-order valence-corrected chi connectivity index (χ1v) is 3.88. The van der Waals surface area contributed by atoms with Crippen molar-refractivity contribution in [1.82, 2.24) is 5.32 Å². The fourth-order valence-corrected chi connectivity index (χ4v) is 1.30. The van der Waals surface area contributed by atoms with Crippen LogP contribution in [0.15, 0.2) is 0 Å². The highest BCUT2D eigenvalue weighted by Gasteiger charge is 2.38. The molecule has 1 N–H and O–H groups in total. The average Bonchev–Trinajstić information content (AvgIpc) is 2.10. The van der Waals surface area contributed by atoms with Gasteiger partial charge in [0.15, 0.2) is 0 Å². The Morgan fingerprint density at radius 1 is 1.18 bits per heavy atom. The third-order valence-electron chi connectivity index (χ3n) is 2.01. The van der Waals surface area contributed by atoms with Crippen LogP contribution < -0.4 is 5.32 Å². The Morgan fingerprint density at radius 3 is 2.55 bits per heavy atom. The lowest BCUT2D eigenvalue weighted by Gasteiger charge is -2.17. The van der Waals surface area contributed by atoms with Crippen LogP contribution in [0, 0.1) is 5.92 Å². The Balaban J connectivity index is 2.43. The highest BCUT2D eigenvalue weighted by molar-refractivity contribution is 4.73. The second-order valence-corrected chi connectivity index (χ2v) is 2.94. The molecule has 0 aromatic carbocycles. The highest BCUT2D eigenvalue weighted by Crippen LogP contribution is 2.30. The Hall–Kier alpha value is -0.250. The van der Waals surface area contributed by atoms with E-state index in [4.69, 9.17) is 0 Å². The Morgan fingerprint density at radius 2 is 1.91 bits per heavy atom. The van der Waals surface area contributed by atoms with Gasteiger partial charge < -0.3 is 5.32 Å². The molecule has 1 aliphatic heterocycles. The molecule has 0 aromatic rings. The van der Waals surface area contributed by atoms with Crippen molar-refractivity contribution in [2.75, 3.05) is 13.1 Å². The van der Waals surface area contributed by atoms with E-state index in [1.807, 2.05) is 0 Å². The van der Waals surface area contributed by atoms with Gasteiger partial charge in [0.1, 0.15) is 0 Å². The van der Waals surface area contributed by atoms with E-state index < -0.39 is 12.1 Å². The number of nitrogens with one attached hydrogen (secondary N) is 1. The van der Waals surface area contributed by atoms with Crippen molar-refractivity contribution in [2.24, 2.45) is 5.92 Å². The van der Waals surface area contributed by atoms with Crippen LogP contribution in [0.2, 0.25) is 0 Å². The maximum absolute atomic E-state index is 12.1. The molecule has 0 aliphatic carbocycles. The van der Waals surface area contributed by atoms with Crippen molar-refractivity contribution < 1.29 is 13.2 Å². The molecular formula is C7H12F3N. The van der Waals surface area contributed by atoms with Gasteiger partial charge in [-0.05, 0) is 19.4 Å². The summed E-state index contributed by atoms with van der Waals surface area (Å²) in [4.78, 5) is 0. The third kappa shape index (κ3) is 2.69. The lowest BCUT2D eigenvalue weighted by molar-refractivity contribution is -0.174. The van der Waals surface area contributed by atoms with Gasteiger partial charge in [-0.2, -0.15) is 13.2 Å². The fourth-order valence-electron chi connectivity index (χ4n) is 1.30. The maximum Gasteiger partial charge on any atom is 0.393 e. The van der Waals surface area contributed by atoms with Crippen LogP contribution in [0.25, 0.3) is 0 Å². The fraction of sp³-hybridized carbons (Fsp3) is 1.00. The van der Waals surface area contributed by atoms with Crippen LogP contribution in [0.1, 0.15) is 19.3 Å². The van der Waals surface area contributed by atoms with Crippen LogP contribution >= 0.6 is 0 Å². The smallest absolute Gasteiger partial charge is 0.316 e. The number of halogens is 3.